The lowest BCUT2D eigenvalue weighted by Crippen LogP contribution is -2.41. The highest BCUT2D eigenvalue weighted by Gasteiger charge is 2.35. The lowest BCUT2D eigenvalue weighted by atomic mass is 9.98. The lowest BCUT2D eigenvalue weighted by molar-refractivity contribution is 0.284. The zero-order valence-electron chi connectivity index (χ0n) is 13.1. The number of nitrogens with zero attached hydrogens (tertiary/aromatic N) is 2. The number of fused-ring (bicyclic) bond motifs is 2. The average molecular weight is 328 g/mol. The zero-order chi connectivity index (χ0) is 16.0. The molecule has 0 amide bonds. The molecule has 0 N–H and O–H groups in total. The second-order valence-corrected chi connectivity index (χ2v) is 8.17. The number of hydrogen-bond donors (Lipinski definition) is 0. The Bertz CT molecular complexity index is 880. The SMILES string of the molecule is C[C@@H]1c2cccn2CCN1S(=O)(=O)C1=Cc2ccccc2CC1. The van der Waals surface area contributed by atoms with Gasteiger partial charge in [0.1, 0.15) is 0 Å². The molecule has 5 heteroatoms. The van der Waals surface area contributed by atoms with Gasteiger partial charge in [0, 0.05) is 25.0 Å². The molecule has 0 radical (unpaired) electrons. The normalized spacial score (nSPS) is 21.4. The molecule has 1 aromatic carbocycles. The predicted octanol–water partition coefficient (Wildman–Crippen LogP) is 3.18. The Morgan fingerprint density at radius 2 is 1.87 bits per heavy atom. The maximum absolute atomic E-state index is 13.1. The molecule has 1 atom stereocenters. The molecule has 2 aromatic rings. The molecular formula is C18H20N2O2S. The molecule has 0 fully saturated rings. The van der Waals surface area contributed by atoms with Gasteiger partial charge >= 0.3 is 0 Å². The summed E-state index contributed by atoms with van der Waals surface area (Å²) in [5, 5.41) is 0. The maximum atomic E-state index is 13.1. The third-order valence-corrected chi connectivity index (χ3v) is 7.04. The van der Waals surface area contributed by atoms with Gasteiger partial charge in [-0.15, -0.1) is 0 Å². The molecule has 4 rings (SSSR count). The van der Waals surface area contributed by atoms with E-state index >= 15 is 0 Å². The molecule has 0 saturated carbocycles. The van der Waals surface area contributed by atoms with Crippen LogP contribution in [0.15, 0.2) is 47.5 Å². The van der Waals surface area contributed by atoms with Crippen LogP contribution < -0.4 is 0 Å². The summed E-state index contributed by atoms with van der Waals surface area (Å²) >= 11 is 0. The van der Waals surface area contributed by atoms with Gasteiger partial charge in [0.15, 0.2) is 0 Å². The second-order valence-electron chi connectivity index (χ2n) is 6.23. The maximum Gasteiger partial charge on any atom is 0.239 e. The topological polar surface area (TPSA) is 42.3 Å². The van der Waals surface area contributed by atoms with E-state index < -0.39 is 10.0 Å². The molecule has 23 heavy (non-hydrogen) atoms. The van der Waals surface area contributed by atoms with Crippen LogP contribution in [0.5, 0.6) is 0 Å². The number of aryl methyl sites for hydroxylation is 1. The van der Waals surface area contributed by atoms with Gasteiger partial charge in [-0.3, -0.25) is 0 Å². The van der Waals surface area contributed by atoms with Crippen LogP contribution in [0.2, 0.25) is 0 Å². The molecule has 1 aromatic heterocycles. The minimum atomic E-state index is -3.42. The third-order valence-electron chi connectivity index (χ3n) is 4.94. The first-order valence-corrected chi connectivity index (χ1v) is 9.47. The molecule has 4 nitrogen and oxygen atoms in total. The Labute approximate surface area is 137 Å². The van der Waals surface area contributed by atoms with E-state index in [4.69, 9.17) is 0 Å². The highest BCUT2D eigenvalue weighted by atomic mass is 32.2. The smallest absolute Gasteiger partial charge is 0.239 e. The fraction of sp³-hybridized carbons (Fsp3) is 0.333. The molecule has 0 unspecified atom stereocenters. The number of benzene rings is 1. The van der Waals surface area contributed by atoms with Gasteiger partial charge in [-0.1, -0.05) is 24.3 Å². The first kappa shape index (κ1) is 14.7. The molecular weight excluding hydrogens is 308 g/mol. The number of hydrogen-bond acceptors (Lipinski definition) is 2. The Hall–Kier alpha value is -1.85. The van der Waals surface area contributed by atoms with Crippen molar-refractivity contribution < 1.29 is 8.42 Å². The summed E-state index contributed by atoms with van der Waals surface area (Å²) in [4.78, 5) is 0.544. The van der Waals surface area contributed by atoms with E-state index in [1.54, 1.807) is 4.31 Å². The van der Waals surface area contributed by atoms with Crippen molar-refractivity contribution in [3.8, 4) is 0 Å². The Balaban J connectivity index is 1.71. The van der Waals surface area contributed by atoms with E-state index in [2.05, 4.69) is 10.6 Å². The van der Waals surface area contributed by atoms with E-state index in [0.29, 0.717) is 17.9 Å². The highest BCUT2D eigenvalue weighted by Crippen LogP contribution is 2.34. The fourth-order valence-corrected chi connectivity index (χ4v) is 5.43. The molecule has 1 aliphatic carbocycles. The summed E-state index contributed by atoms with van der Waals surface area (Å²) in [5.41, 5.74) is 3.33. The minimum absolute atomic E-state index is 0.123. The van der Waals surface area contributed by atoms with E-state index in [-0.39, 0.29) is 6.04 Å². The van der Waals surface area contributed by atoms with E-state index in [0.717, 1.165) is 24.2 Å². The van der Waals surface area contributed by atoms with Crippen molar-refractivity contribution in [3.63, 3.8) is 0 Å². The standard InChI is InChI=1S/C18H20N2O2S/c1-14-18-7-4-10-19(18)11-12-20(14)23(21,22)17-9-8-15-5-2-3-6-16(15)13-17/h2-7,10,13-14H,8-9,11-12H2,1H3/t14-/m1/s1. The Kier molecular flexibility index (Phi) is 3.43. The summed E-state index contributed by atoms with van der Waals surface area (Å²) in [6.07, 6.45) is 5.25. The van der Waals surface area contributed by atoms with E-state index in [1.807, 2.05) is 49.5 Å². The molecule has 0 bridgehead atoms. The van der Waals surface area contributed by atoms with Crippen LogP contribution >= 0.6 is 0 Å². The summed E-state index contributed by atoms with van der Waals surface area (Å²) in [7, 11) is -3.42. The van der Waals surface area contributed by atoms with Crippen LogP contribution in [0.4, 0.5) is 0 Å². The van der Waals surface area contributed by atoms with Gasteiger partial charge < -0.3 is 4.57 Å². The molecule has 2 aliphatic rings. The van der Waals surface area contributed by atoms with Crippen molar-refractivity contribution in [3.05, 3.63) is 64.3 Å². The monoisotopic (exact) mass is 328 g/mol. The average Bonchev–Trinajstić information content (AvgIpc) is 3.04. The van der Waals surface area contributed by atoms with Crippen LogP contribution in [0.1, 0.15) is 36.2 Å². The van der Waals surface area contributed by atoms with Gasteiger partial charge in [0.2, 0.25) is 10.0 Å². The highest BCUT2D eigenvalue weighted by molar-refractivity contribution is 7.93. The van der Waals surface area contributed by atoms with Gasteiger partial charge in [-0.2, -0.15) is 4.31 Å². The predicted molar refractivity (Wildman–Crippen MR) is 91.2 cm³/mol. The second kappa shape index (κ2) is 5.35. The van der Waals surface area contributed by atoms with Crippen molar-refractivity contribution in [1.29, 1.82) is 0 Å². The van der Waals surface area contributed by atoms with E-state index in [1.165, 1.54) is 5.56 Å². The number of sulfonamides is 1. The zero-order valence-corrected chi connectivity index (χ0v) is 14.0. The van der Waals surface area contributed by atoms with Crippen LogP contribution in [0.3, 0.4) is 0 Å². The quantitative estimate of drug-likeness (QED) is 0.850. The number of rotatable bonds is 2. The number of aromatic nitrogens is 1. The first-order chi connectivity index (χ1) is 11.1. The molecule has 1 aliphatic heterocycles. The Morgan fingerprint density at radius 1 is 1.04 bits per heavy atom. The summed E-state index contributed by atoms with van der Waals surface area (Å²) < 4.78 is 30.1. The van der Waals surface area contributed by atoms with Gasteiger partial charge in [-0.25, -0.2) is 8.42 Å². The van der Waals surface area contributed by atoms with Crippen molar-refractivity contribution in [2.24, 2.45) is 0 Å². The first-order valence-electron chi connectivity index (χ1n) is 8.03. The Morgan fingerprint density at radius 3 is 2.74 bits per heavy atom. The van der Waals surface area contributed by atoms with Gasteiger partial charge in [0.05, 0.1) is 10.9 Å². The molecule has 2 heterocycles. The van der Waals surface area contributed by atoms with Crippen LogP contribution in [-0.4, -0.2) is 23.8 Å². The van der Waals surface area contributed by atoms with Crippen molar-refractivity contribution in [2.75, 3.05) is 6.54 Å². The number of allylic oxidation sites excluding steroid dienone is 1. The van der Waals surface area contributed by atoms with Gasteiger partial charge in [0.25, 0.3) is 0 Å². The van der Waals surface area contributed by atoms with E-state index in [9.17, 15) is 8.42 Å². The van der Waals surface area contributed by atoms with Crippen LogP contribution in [-0.2, 0) is 23.0 Å². The molecule has 0 saturated heterocycles. The minimum Gasteiger partial charge on any atom is -0.349 e. The van der Waals surface area contributed by atoms with Crippen molar-refractivity contribution in [1.82, 2.24) is 8.87 Å². The van der Waals surface area contributed by atoms with Crippen molar-refractivity contribution in [2.45, 2.75) is 32.4 Å². The molecule has 120 valence electrons. The summed E-state index contributed by atoms with van der Waals surface area (Å²) in [5.74, 6) is 0. The van der Waals surface area contributed by atoms with Gasteiger partial charge in [-0.05, 0) is 49.1 Å². The lowest BCUT2D eigenvalue weighted by Gasteiger charge is -2.35. The molecule has 0 spiro atoms. The van der Waals surface area contributed by atoms with Crippen molar-refractivity contribution >= 4 is 16.1 Å². The summed E-state index contributed by atoms with van der Waals surface area (Å²) in [6.45, 7) is 3.22. The summed E-state index contributed by atoms with van der Waals surface area (Å²) in [6, 6.07) is 11.9. The van der Waals surface area contributed by atoms with Crippen LogP contribution in [0.25, 0.3) is 6.08 Å². The largest absolute Gasteiger partial charge is 0.349 e. The van der Waals surface area contributed by atoms with Crippen LogP contribution in [0, 0.1) is 0 Å². The third kappa shape index (κ3) is 2.35. The fourth-order valence-electron chi connectivity index (χ4n) is 3.65.